The molecule has 0 saturated heterocycles. The number of nitrogens with zero attached hydrogens (tertiary/aromatic N) is 1. The van der Waals surface area contributed by atoms with E-state index < -0.39 is 24.2 Å². The average molecular weight is 848 g/mol. The molecule has 0 radical (unpaired) electrons. The van der Waals surface area contributed by atoms with Gasteiger partial charge >= 0.3 is 0 Å². The molecule has 66 heavy (non-hydrogen) atoms. The zero-order valence-corrected chi connectivity index (χ0v) is 35.4. The van der Waals surface area contributed by atoms with E-state index in [1.165, 1.54) is 4.90 Å². The first-order chi connectivity index (χ1) is 36.1. The lowest BCUT2D eigenvalue weighted by Gasteiger charge is -2.28. The molecule has 13 aromatic rings. The third-order valence-corrected chi connectivity index (χ3v) is 12.8. The maximum atomic E-state index is 10.2. The van der Waals surface area contributed by atoms with Gasteiger partial charge in [0.15, 0.2) is 0 Å². The topological polar surface area (TPSA) is 16.4 Å². The van der Waals surface area contributed by atoms with E-state index >= 15 is 0 Å². The molecule has 0 atom stereocenters. The molecular weight excluding hydrogens is 799 g/mol. The Bertz CT molecular complexity index is 4420. The van der Waals surface area contributed by atoms with E-state index in [-0.39, 0.29) is 46.7 Å². The van der Waals surface area contributed by atoms with Gasteiger partial charge in [0.2, 0.25) is 0 Å². The molecule has 0 amide bonds. The van der Waals surface area contributed by atoms with E-state index in [1.807, 2.05) is 188 Å². The zero-order valence-electron chi connectivity index (χ0n) is 43.4. The minimum Gasteiger partial charge on any atom is -0.455 e. The van der Waals surface area contributed by atoms with Crippen molar-refractivity contribution in [3.63, 3.8) is 0 Å². The van der Waals surface area contributed by atoms with Crippen molar-refractivity contribution < 1.29 is 15.4 Å². The molecule has 0 N–H and O–H groups in total. The van der Waals surface area contributed by atoms with Crippen molar-refractivity contribution in [2.45, 2.75) is 0 Å². The monoisotopic (exact) mass is 847 g/mol. The van der Waals surface area contributed by atoms with Crippen LogP contribution < -0.4 is 4.90 Å². The number of furan rings is 1. The van der Waals surface area contributed by atoms with Crippen LogP contribution in [0.1, 0.15) is 11.0 Å². The van der Waals surface area contributed by atoms with Crippen LogP contribution in [0.2, 0.25) is 0 Å². The van der Waals surface area contributed by atoms with Gasteiger partial charge in [0.25, 0.3) is 0 Å². The Morgan fingerprint density at radius 3 is 1.29 bits per heavy atom. The smallest absolute Gasteiger partial charge is 0.143 e. The summed E-state index contributed by atoms with van der Waals surface area (Å²) in [7, 11) is 0. The number of anilines is 3. The lowest BCUT2D eigenvalue weighted by atomic mass is 9.85. The molecule has 0 aliphatic rings. The normalized spacial score (nSPS) is 13.3. The Labute approximate surface area is 394 Å². The molecular formula is C64H41NO. The molecule has 0 aliphatic carbocycles. The summed E-state index contributed by atoms with van der Waals surface area (Å²) in [4.78, 5) is 1.42. The van der Waals surface area contributed by atoms with E-state index in [4.69, 9.17) is 4.42 Å². The zero-order chi connectivity index (χ0) is 50.5. The second-order valence-corrected chi connectivity index (χ2v) is 16.5. The highest BCUT2D eigenvalue weighted by molar-refractivity contribution is 6.22. The molecule has 1 heterocycles. The molecule has 1 aromatic heterocycles. The number of para-hydroxylation sites is 2. The fraction of sp³-hybridized carbons (Fsp3) is 0. The first kappa shape index (κ1) is 30.4. The van der Waals surface area contributed by atoms with Crippen molar-refractivity contribution in [3.05, 3.63) is 249 Å². The predicted molar refractivity (Wildman–Crippen MR) is 280 cm³/mol. The Morgan fingerprint density at radius 2 is 0.712 bits per heavy atom. The minimum atomic E-state index is -0.441. The summed E-state index contributed by atoms with van der Waals surface area (Å²) in [5.41, 5.74) is 5.38. The van der Waals surface area contributed by atoms with Gasteiger partial charge in [0.05, 0.1) is 16.7 Å². The Morgan fingerprint density at radius 1 is 0.303 bits per heavy atom. The van der Waals surface area contributed by atoms with Crippen LogP contribution in [0.5, 0.6) is 0 Å². The van der Waals surface area contributed by atoms with Crippen LogP contribution >= 0.6 is 0 Å². The minimum absolute atomic E-state index is 0.0181. The van der Waals surface area contributed by atoms with Gasteiger partial charge in [-0.25, -0.2) is 0 Å². The molecule has 2 nitrogen and oxygen atoms in total. The lowest BCUT2D eigenvalue weighted by molar-refractivity contribution is 0.671. The van der Waals surface area contributed by atoms with E-state index in [2.05, 4.69) is 6.07 Å². The van der Waals surface area contributed by atoms with Crippen LogP contribution in [0.25, 0.3) is 110 Å². The molecule has 0 aliphatic heterocycles. The summed E-state index contributed by atoms with van der Waals surface area (Å²) < 4.78 is 87.0. The van der Waals surface area contributed by atoms with Crippen LogP contribution in [-0.4, -0.2) is 0 Å². The number of benzene rings is 12. The SMILES string of the molecule is [2H]c1c([2H])c(N(c2c([2H])c([2H])c(-c3cccc4c3oc3c(-c5ccccc5)cccc34)c([2H])c2[2H])c2cc3ccccc3c3ccccc23)c([2H])c([2H])c1-c1c(-c2ccccc2)c2ccccc2c2ccccc12. The van der Waals surface area contributed by atoms with Gasteiger partial charge in [0, 0.05) is 38.7 Å². The van der Waals surface area contributed by atoms with Crippen molar-refractivity contribution in [1.82, 2.24) is 0 Å². The van der Waals surface area contributed by atoms with Gasteiger partial charge < -0.3 is 9.32 Å². The first-order valence-electron chi connectivity index (χ1n) is 26.0. The van der Waals surface area contributed by atoms with Crippen LogP contribution in [0, 0.1) is 0 Å². The fourth-order valence-electron chi connectivity index (χ4n) is 9.84. The van der Waals surface area contributed by atoms with Gasteiger partial charge in [-0.05, 0) is 101 Å². The molecule has 12 aromatic carbocycles. The largest absolute Gasteiger partial charge is 0.455 e. The summed E-state index contributed by atoms with van der Waals surface area (Å²) in [5, 5.41) is 8.25. The van der Waals surface area contributed by atoms with Crippen LogP contribution in [-0.2, 0) is 0 Å². The summed E-state index contributed by atoms with van der Waals surface area (Å²) in [6.45, 7) is 0. The van der Waals surface area contributed by atoms with E-state index in [0.717, 1.165) is 70.7 Å². The fourth-order valence-corrected chi connectivity index (χ4v) is 9.84. The number of fused-ring (bicyclic) bond motifs is 9. The highest BCUT2D eigenvalue weighted by atomic mass is 16.3. The van der Waals surface area contributed by atoms with Crippen LogP contribution in [0.3, 0.4) is 0 Å². The number of rotatable bonds is 7. The third-order valence-electron chi connectivity index (χ3n) is 12.8. The van der Waals surface area contributed by atoms with E-state index in [1.54, 1.807) is 6.07 Å². The molecule has 0 saturated carbocycles. The van der Waals surface area contributed by atoms with Gasteiger partial charge in [-0.2, -0.15) is 0 Å². The second-order valence-electron chi connectivity index (χ2n) is 16.5. The van der Waals surface area contributed by atoms with Crippen molar-refractivity contribution in [1.29, 1.82) is 0 Å². The molecule has 308 valence electrons. The maximum Gasteiger partial charge on any atom is 0.143 e. The number of hydrogen-bond donors (Lipinski definition) is 0. The highest BCUT2D eigenvalue weighted by Crippen LogP contribution is 2.47. The summed E-state index contributed by atoms with van der Waals surface area (Å²) in [6.07, 6.45) is 0. The summed E-state index contributed by atoms with van der Waals surface area (Å²) >= 11 is 0. The van der Waals surface area contributed by atoms with Crippen LogP contribution in [0.4, 0.5) is 17.1 Å². The standard InChI is InChI=1S/C64H41NO/c1-3-17-42(18-4-1)50-29-15-31-58-59-32-16-30-51(64(59)66-63(50)58)43-33-37-47(38-34-43)65(60-41-46-21-7-8-22-49(46)52-23-9-12-26-55(52)60)48-39-35-45(36-40-48)62-57-28-14-11-25-54(57)53-24-10-13-27-56(53)61(62)44-19-5-2-6-20-44/h1-41H/i33D,34D,35D,36D,37D,38D,39D,40D. The number of hydrogen-bond acceptors (Lipinski definition) is 2. The van der Waals surface area contributed by atoms with Crippen molar-refractivity contribution in [2.75, 3.05) is 4.90 Å². The molecule has 0 unspecified atom stereocenters. The molecule has 0 bridgehead atoms. The molecule has 0 fully saturated rings. The van der Waals surface area contributed by atoms with Crippen molar-refractivity contribution in [3.8, 4) is 44.5 Å². The Kier molecular flexibility index (Phi) is 7.14. The molecule has 0 spiro atoms. The molecule has 13 rings (SSSR count). The van der Waals surface area contributed by atoms with Crippen molar-refractivity contribution in [2.24, 2.45) is 0 Å². The van der Waals surface area contributed by atoms with Crippen LogP contribution in [0.15, 0.2) is 253 Å². The third kappa shape index (κ3) is 6.11. The predicted octanol–water partition coefficient (Wildman–Crippen LogP) is 18.3. The second kappa shape index (κ2) is 15.5. The van der Waals surface area contributed by atoms with Gasteiger partial charge in [-0.15, -0.1) is 0 Å². The van der Waals surface area contributed by atoms with Gasteiger partial charge in [-0.1, -0.05) is 218 Å². The Balaban J connectivity index is 1.11. The first-order valence-corrected chi connectivity index (χ1v) is 22.0. The average Bonchev–Trinajstić information content (AvgIpc) is 3.88. The Hall–Kier alpha value is -8.72. The molecule has 2 heteroatoms. The van der Waals surface area contributed by atoms with Gasteiger partial charge in [-0.3, -0.25) is 0 Å². The van der Waals surface area contributed by atoms with E-state index in [9.17, 15) is 11.0 Å². The van der Waals surface area contributed by atoms with Gasteiger partial charge in [0.1, 0.15) is 11.2 Å². The summed E-state index contributed by atoms with van der Waals surface area (Å²) in [5.74, 6) is 0. The summed E-state index contributed by atoms with van der Waals surface area (Å²) in [6, 6.07) is 61.1. The highest BCUT2D eigenvalue weighted by Gasteiger charge is 2.22. The lowest BCUT2D eigenvalue weighted by Crippen LogP contribution is -2.10. The van der Waals surface area contributed by atoms with E-state index in [0.29, 0.717) is 33.4 Å². The maximum absolute atomic E-state index is 10.2. The van der Waals surface area contributed by atoms with Crippen molar-refractivity contribution >= 4 is 82.1 Å². The quantitative estimate of drug-likeness (QED) is 0.149.